The number of carbonyl (C=O) groups is 1. The number of nitrogens with two attached hydrogens (primary N) is 1. The zero-order valence-corrected chi connectivity index (χ0v) is 16.8. The molecule has 0 aliphatic heterocycles. The lowest BCUT2D eigenvalue weighted by Gasteiger charge is -2.11. The second kappa shape index (κ2) is 8.36. The van der Waals surface area contributed by atoms with Gasteiger partial charge in [-0.3, -0.25) is 4.79 Å². The zero-order chi connectivity index (χ0) is 22.0. The zero-order valence-electron chi connectivity index (χ0n) is 16.1. The predicted octanol–water partition coefficient (Wildman–Crippen LogP) is 3.79. The quantitative estimate of drug-likeness (QED) is 0.485. The Hall–Kier alpha value is -4.05. The molecular formula is C20H15ClFN7O2. The van der Waals surface area contributed by atoms with Crippen molar-refractivity contribution in [1.29, 1.82) is 0 Å². The second-order valence-corrected chi connectivity index (χ2v) is 6.74. The van der Waals surface area contributed by atoms with Gasteiger partial charge in [0.2, 0.25) is 0 Å². The summed E-state index contributed by atoms with van der Waals surface area (Å²) in [5, 5.41) is 6.92. The third-order valence-corrected chi connectivity index (χ3v) is 4.72. The summed E-state index contributed by atoms with van der Waals surface area (Å²) < 4.78 is 21.5. The van der Waals surface area contributed by atoms with Gasteiger partial charge in [-0.05, 0) is 19.1 Å². The van der Waals surface area contributed by atoms with Crippen LogP contribution in [0.15, 0.2) is 55.4 Å². The van der Waals surface area contributed by atoms with Gasteiger partial charge < -0.3 is 15.8 Å². The van der Waals surface area contributed by atoms with E-state index < -0.39 is 11.7 Å². The van der Waals surface area contributed by atoms with Crippen LogP contribution in [0.25, 0.3) is 5.69 Å². The molecule has 156 valence electrons. The number of amides is 1. The summed E-state index contributed by atoms with van der Waals surface area (Å²) in [6.45, 7) is 1.73. The third-order valence-electron chi connectivity index (χ3n) is 4.34. The van der Waals surface area contributed by atoms with E-state index in [0.29, 0.717) is 16.9 Å². The molecule has 4 rings (SSSR count). The van der Waals surface area contributed by atoms with Crippen LogP contribution in [0.2, 0.25) is 5.02 Å². The Morgan fingerprint density at radius 2 is 1.97 bits per heavy atom. The molecular weight excluding hydrogens is 425 g/mol. The van der Waals surface area contributed by atoms with E-state index in [4.69, 9.17) is 22.1 Å². The number of ether oxygens (including phenoxy) is 1. The lowest BCUT2D eigenvalue weighted by Crippen LogP contribution is -2.13. The van der Waals surface area contributed by atoms with Crippen molar-refractivity contribution in [1.82, 2.24) is 24.7 Å². The molecule has 3 aromatic heterocycles. The van der Waals surface area contributed by atoms with Gasteiger partial charge in [-0.2, -0.15) is 5.10 Å². The van der Waals surface area contributed by atoms with Gasteiger partial charge in [0, 0.05) is 24.0 Å². The number of hydrogen-bond acceptors (Lipinski definition) is 7. The van der Waals surface area contributed by atoms with E-state index in [1.807, 2.05) is 0 Å². The van der Waals surface area contributed by atoms with Crippen LogP contribution >= 0.6 is 11.6 Å². The van der Waals surface area contributed by atoms with Crippen LogP contribution in [0.5, 0.6) is 11.5 Å². The molecule has 0 saturated heterocycles. The molecule has 0 radical (unpaired) electrons. The maximum Gasteiger partial charge on any atom is 0.259 e. The van der Waals surface area contributed by atoms with Gasteiger partial charge in [-0.1, -0.05) is 11.6 Å². The molecule has 0 saturated carbocycles. The van der Waals surface area contributed by atoms with Gasteiger partial charge in [0.15, 0.2) is 17.3 Å². The number of carbonyl (C=O) groups excluding carboxylic acids is 1. The summed E-state index contributed by atoms with van der Waals surface area (Å²) in [5.74, 6) is -0.991. The smallest absolute Gasteiger partial charge is 0.259 e. The summed E-state index contributed by atoms with van der Waals surface area (Å²) in [6.07, 6.45) is 7.36. The summed E-state index contributed by atoms with van der Waals surface area (Å²) in [5.41, 5.74) is 7.38. The molecule has 11 heteroatoms. The van der Waals surface area contributed by atoms with Gasteiger partial charge in [0.05, 0.1) is 29.8 Å². The number of rotatable bonds is 5. The Balaban J connectivity index is 1.51. The number of nitrogen functional groups attached to an aromatic ring is 1. The van der Waals surface area contributed by atoms with E-state index in [9.17, 15) is 9.18 Å². The van der Waals surface area contributed by atoms with E-state index >= 15 is 0 Å². The predicted molar refractivity (Wildman–Crippen MR) is 112 cm³/mol. The molecule has 0 aliphatic rings. The highest BCUT2D eigenvalue weighted by Crippen LogP contribution is 2.34. The van der Waals surface area contributed by atoms with Gasteiger partial charge in [-0.15, -0.1) is 0 Å². The van der Waals surface area contributed by atoms with E-state index in [-0.39, 0.29) is 28.0 Å². The molecule has 0 aliphatic carbocycles. The average molecular weight is 440 g/mol. The van der Waals surface area contributed by atoms with Crippen molar-refractivity contribution in [3.05, 3.63) is 77.5 Å². The van der Waals surface area contributed by atoms with Crippen LogP contribution in [0, 0.1) is 12.7 Å². The van der Waals surface area contributed by atoms with Crippen molar-refractivity contribution < 1.29 is 13.9 Å². The third kappa shape index (κ3) is 4.14. The number of hydrogen-bond donors (Lipinski definition) is 2. The van der Waals surface area contributed by atoms with Crippen molar-refractivity contribution in [3.63, 3.8) is 0 Å². The van der Waals surface area contributed by atoms with E-state index in [1.165, 1.54) is 41.6 Å². The molecule has 3 heterocycles. The van der Waals surface area contributed by atoms with Gasteiger partial charge >= 0.3 is 0 Å². The van der Waals surface area contributed by atoms with Crippen LogP contribution in [0.4, 0.5) is 15.9 Å². The number of anilines is 2. The van der Waals surface area contributed by atoms with E-state index in [0.717, 1.165) is 6.07 Å². The van der Waals surface area contributed by atoms with Crippen LogP contribution in [-0.2, 0) is 0 Å². The second-order valence-electron chi connectivity index (χ2n) is 6.36. The summed E-state index contributed by atoms with van der Waals surface area (Å²) >= 11 is 6.02. The summed E-state index contributed by atoms with van der Waals surface area (Å²) in [4.78, 5) is 24.4. The number of nitrogens with one attached hydrogen (secondary N) is 1. The van der Waals surface area contributed by atoms with Crippen LogP contribution in [0.3, 0.4) is 0 Å². The number of pyridine rings is 1. The summed E-state index contributed by atoms with van der Waals surface area (Å²) in [7, 11) is 0. The number of nitrogens with zero attached hydrogens (tertiary/aromatic N) is 5. The molecule has 9 nitrogen and oxygen atoms in total. The molecule has 0 bridgehead atoms. The standard InChI is InChI=1S/C20H15ClFN7O2/c1-11-14(9-27-29(11)13-7-24-10-25-8-13)20(30)28-12-2-3-16(15(22)6-12)31-17-4-5-26-19(23)18(17)21/h2-10H,1H3,(H2,23,26)(H,28,30). The molecule has 1 aromatic carbocycles. The average Bonchev–Trinajstić information content (AvgIpc) is 3.15. The normalized spacial score (nSPS) is 10.7. The Kier molecular flexibility index (Phi) is 5.46. The highest BCUT2D eigenvalue weighted by atomic mass is 35.5. The van der Waals surface area contributed by atoms with Gasteiger partial charge in [0.25, 0.3) is 5.91 Å². The van der Waals surface area contributed by atoms with Gasteiger partial charge in [0.1, 0.15) is 22.9 Å². The fourth-order valence-corrected chi connectivity index (χ4v) is 2.94. The van der Waals surface area contributed by atoms with Crippen LogP contribution < -0.4 is 15.8 Å². The first-order chi connectivity index (χ1) is 14.9. The number of halogens is 2. The van der Waals surface area contributed by atoms with Crippen molar-refractivity contribution in [2.45, 2.75) is 6.92 Å². The Morgan fingerprint density at radius 3 is 2.71 bits per heavy atom. The SMILES string of the molecule is Cc1c(C(=O)Nc2ccc(Oc3ccnc(N)c3Cl)c(F)c2)cnn1-c1cncnc1. The first-order valence-electron chi connectivity index (χ1n) is 8.93. The molecule has 0 atom stereocenters. The van der Waals surface area contributed by atoms with Gasteiger partial charge in [-0.25, -0.2) is 24.0 Å². The first kappa shape index (κ1) is 20.2. The molecule has 31 heavy (non-hydrogen) atoms. The fraction of sp³-hybridized carbons (Fsp3) is 0.0500. The molecule has 1 amide bonds. The summed E-state index contributed by atoms with van der Waals surface area (Å²) in [6, 6.07) is 5.47. The Labute approximate surface area is 180 Å². The number of aromatic nitrogens is 5. The molecule has 4 aromatic rings. The van der Waals surface area contributed by atoms with Crippen LogP contribution in [-0.4, -0.2) is 30.6 Å². The van der Waals surface area contributed by atoms with Crippen LogP contribution in [0.1, 0.15) is 16.1 Å². The molecule has 0 spiro atoms. The van der Waals surface area contributed by atoms with E-state index in [2.05, 4.69) is 25.4 Å². The largest absolute Gasteiger partial charge is 0.453 e. The fourth-order valence-electron chi connectivity index (χ4n) is 2.79. The lowest BCUT2D eigenvalue weighted by atomic mass is 10.2. The van der Waals surface area contributed by atoms with Crippen molar-refractivity contribution >= 4 is 29.0 Å². The Bertz CT molecular complexity index is 1260. The monoisotopic (exact) mass is 439 g/mol. The molecule has 0 unspecified atom stereocenters. The maximum atomic E-state index is 14.5. The molecule has 3 N–H and O–H groups in total. The topological polar surface area (TPSA) is 121 Å². The molecule has 0 fully saturated rings. The van der Waals surface area contributed by atoms with E-state index in [1.54, 1.807) is 19.3 Å². The van der Waals surface area contributed by atoms with Crippen molar-refractivity contribution in [2.75, 3.05) is 11.1 Å². The Morgan fingerprint density at radius 1 is 1.19 bits per heavy atom. The highest BCUT2D eigenvalue weighted by Gasteiger charge is 2.17. The minimum atomic E-state index is -0.696. The van der Waals surface area contributed by atoms with Crippen molar-refractivity contribution in [2.24, 2.45) is 0 Å². The minimum absolute atomic E-state index is 0.0708. The minimum Gasteiger partial charge on any atom is -0.453 e. The van der Waals surface area contributed by atoms with Crippen molar-refractivity contribution in [3.8, 4) is 17.2 Å². The number of benzene rings is 1. The highest BCUT2D eigenvalue weighted by molar-refractivity contribution is 6.34. The lowest BCUT2D eigenvalue weighted by molar-refractivity contribution is 0.102. The maximum absolute atomic E-state index is 14.5. The first-order valence-corrected chi connectivity index (χ1v) is 9.30.